The van der Waals surface area contributed by atoms with Crippen molar-refractivity contribution in [3.8, 4) is 5.88 Å². The molecule has 0 saturated carbocycles. The Labute approximate surface area is 130 Å². The van der Waals surface area contributed by atoms with E-state index in [1.807, 2.05) is 0 Å². The van der Waals surface area contributed by atoms with Gasteiger partial charge in [0.25, 0.3) is 0 Å². The second-order valence-corrected chi connectivity index (χ2v) is 5.72. The largest absolute Gasteiger partial charge is 0.481 e. The van der Waals surface area contributed by atoms with Crippen LogP contribution in [0.15, 0.2) is 12.3 Å². The van der Waals surface area contributed by atoms with Gasteiger partial charge in [0, 0.05) is 18.8 Å². The molecule has 0 N–H and O–H groups in total. The summed E-state index contributed by atoms with van der Waals surface area (Å²) in [6.45, 7) is 5.56. The van der Waals surface area contributed by atoms with Crippen LogP contribution in [0.5, 0.6) is 5.88 Å². The monoisotopic (exact) mass is 310 g/mol. The number of pyridine rings is 1. The number of hydrogen-bond acceptors (Lipinski definition) is 6. The molecule has 0 saturated heterocycles. The lowest BCUT2D eigenvalue weighted by Crippen LogP contribution is -2.34. The fourth-order valence-corrected chi connectivity index (χ4v) is 1.68. The van der Waals surface area contributed by atoms with Crippen LogP contribution in [0.2, 0.25) is 0 Å². The van der Waals surface area contributed by atoms with Gasteiger partial charge in [0.2, 0.25) is 5.88 Å². The standard InChI is InChI=1S/C15H22N2O5/c1-15(2,3)22-14(19)17(4)9-11-7-10(13(18)21-6)8-16-12(11)20-5/h7-8H,9H2,1-6H3. The van der Waals surface area contributed by atoms with E-state index in [0.717, 1.165) is 0 Å². The Bertz CT molecular complexity index is 551. The molecule has 122 valence electrons. The number of hydrogen-bond donors (Lipinski definition) is 0. The van der Waals surface area contributed by atoms with Crippen LogP contribution >= 0.6 is 0 Å². The van der Waals surface area contributed by atoms with Crippen molar-refractivity contribution in [1.29, 1.82) is 0 Å². The first kappa shape index (κ1) is 17.7. The Morgan fingerprint density at radius 1 is 1.27 bits per heavy atom. The fraction of sp³-hybridized carbons (Fsp3) is 0.533. The molecule has 0 atom stereocenters. The summed E-state index contributed by atoms with van der Waals surface area (Å²) in [4.78, 5) is 29.0. The van der Waals surface area contributed by atoms with Crippen LogP contribution in [0.3, 0.4) is 0 Å². The van der Waals surface area contributed by atoms with Crippen molar-refractivity contribution in [2.45, 2.75) is 32.9 Å². The molecule has 0 spiro atoms. The molecule has 1 rings (SSSR count). The van der Waals surface area contributed by atoms with E-state index in [9.17, 15) is 9.59 Å². The van der Waals surface area contributed by atoms with Gasteiger partial charge in [-0.1, -0.05) is 0 Å². The highest BCUT2D eigenvalue weighted by molar-refractivity contribution is 5.89. The summed E-state index contributed by atoms with van der Waals surface area (Å²) < 4.78 is 15.1. The van der Waals surface area contributed by atoms with E-state index in [1.165, 1.54) is 25.3 Å². The van der Waals surface area contributed by atoms with Gasteiger partial charge < -0.3 is 19.1 Å². The van der Waals surface area contributed by atoms with E-state index in [0.29, 0.717) is 11.4 Å². The van der Waals surface area contributed by atoms with Crippen molar-refractivity contribution in [3.05, 3.63) is 23.4 Å². The number of ether oxygens (including phenoxy) is 3. The average Bonchev–Trinajstić information content (AvgIpc) is 2.44. The molecule has 7 nitrogen and oxygen atoms in total. The minimum Gasteiger partial charge on any atom is -0.481 e. The predicted octanol–water partition coefficient (Wildman–Crippen LogP) is 2.24. The van der Waals surface area contributed by atoms with Crippen LogP contribution in [-0.4, -0.2) is 48.8 Å². The van der Waals surface area contributed by atoms with Crippen molar-refractivity contribution in [2.75, 3.05) is 21.3 Å². The van der Waals surface area contributed by atoms with Gasteiger partial charge in [0.1, 0.15) is 5.60 Å². The first-order valence-corrected chi connectivity index (χ1v) is 6.73. The van der Waals surface area contributed by atoms with Crippen molar-refractivity contribution >= 4 is 12.1 Å². The van der Waals surface area contributed by atoms with Crippen LogP contribution in [-0.2, 0) is 16.0 Å². The Balaban J connectivity index is 2.95. The van der Waals surface area contributed by atoms with Crippen LogP contribution < -0.4 is 4.74 Å². The van der Waals surface area contributed by atoms with Gasteiger partial charge in [-0.2, -0.15) is 0 Å². The molecular weight excluding hydrogens is 288 g/mol. The highest BCUT2D eigenvalue weighted by Gasteiger charge is 2.21. The Kier molecular flexibility index (Phi) is 5.73. The predicted molar refractivity (Wildman–Crippen MR) is 79.8 cm³/mol. The number of nitrogens with zero attached hydrogens (tertiary/aromatic N) is 2. The van der Waals surface area contributed by atoms with Crippen LogP contribution in [0.4, 0.5) is 4.79 Å². The smallest absolute Gasteiger partial charge is 0.410 e. The van der Waals surface area contributed by atoms with Crippen molar-refractivity contribution in [1.82, 2.24) is 9.88 Å². The summed E-state index contributed by atoms with van der Waals surface area (Å²) in [5.41, 5.74) is 0.288. The molecule has 0 aromatic carbocycles. The number of esters is 1. The lowest BCUT2D eigenvalue weighted by Gasteiger charge is -2.25. The number of amides is 1. The van der Waals surface area contributed by atoms with E-state index in [2.05, 4.69) is 9.72 Å². The third-order valence-corrected chi connectivity index (χ3v) is 2.65. The van der Waals surface area contributed by atoms with E-state index in [-0.39, 0.29) is 12.1 Å². The summed E-state index contributed by atoms with van der Waals surface area (Å²) in [6.07, 6.45) is 0.889. The summed E-state index contributed by atoms with van der Waals surface area (Å²) in [5, 5.41) is 0. The molecule has 22 heavy (non-hydrogen) atoms. The number of carbonyl (C=O) groups excluding carboxylic acids is 2. The minimum atomic E-state index is -0.582. The Morgan fingerprint density at radius 3 is 2.41 bits per heavy atom. The lowest BCUT2D eigenvalue weighted by molar-refractivity contribution is 0.0284. The minimum absolute atomic E-state index is 0.190. The zero-order valence-electron chi connectivity index (χ0n) is 13.8. The van der Waals surface area contributed by atoms with Crippen molar-refractivity contribution in [2.24, 2.45) is 0 Å². The zero-order valence-corrected chi connectivity index (χ0v) is 13.8. The molecule has 0 radical (unpaired) electrons. The summed E-state index contributed by atoms with van der Waals surface area (Å²) in [7, 11) is 4.36. The van der Waals surface area contributed by atoms with E-state index in [4.69, 9.17) is 9.47 Å². The topological polar surface area (TPSA) is 78.0 Å². The number of rotatable bonds is 4. The normalized spacial score (nSPS) is 10.8. The quantitative estimate of drug-likeness (QED) is 0.794. The first-order valence-electron chi connectivity index (χ1n) is 6.73. The number of methoxy groups -OCH3 is 2. The van der Waals surface area contributed by atoms with Gasteiger partial charge in [-0.25, -0.2) is 14.6 Å². The van der Waals surface area contributed by atoms with E-state index in [1.54, 1.807) is 33.9 Å². The van der Waals surface area contributed by atoms with Gasteiger partial charge in [-0.05, 0) is 26.8 Å². The van der Waals surface area contributed by atoms with Gasteiger partial charge >= 0.3 is 12.1 Å². The molecular formula is C15H22N2O5. The second-order valence-electron chi connectivity index (χ2n) is 5.72. The second kappa shape index (κ2) is 7.11. The van der Waals surface area contributed by atoms with E-state index < -0.39 is 17.7 Å². The molecule has 0 fully saturated rings. The van der Waals surface area contributed by atoms with Gasteiger partial charge in [0.05, 0.1) is 26.3 Å². The molecule has 1 aromatic heterocycles. The number of carbonyl (C=O) groups is 2. The maximum Gasteiger partial charge on any atom is 0.410 e. The highest BCUT2D eigenvalue weighted by Crippen LogP contribution is 2.19. The lowest BCUT2D eigenvalue weighted by atomic mass is 10.2. The fourth-order valence-electron chi connectivity index (χ4n) is 1.68. The average molecular weight is 310 g/mol. The van der Waals surface area contributed by atoms with Crippen LogP contribution in [0, 0.1) is 0 Å². The number of aromatic nitrogens is 1. The van der Waals surface area contributed by atoms with Gasteiger partial charge in [0.15, 0.2) is 0 Å². The summed E-state index contributed by atoms with van der Waals surface area (Å²) >= 11 is 0. The van der Waals surface area contributed by atoms with Crippen molar-refractivity contribution in [3.63, 3.8) is 0 Å². The molecule has 0 aliphatic heterocycles. The first-order chi connectivity index (χ1) is 10.2. The summed E-state index contributed by atoms with van der Waals surface area (Å²) in [5.74, 6) is -0.167. The maximum absolute atomic E-state index is 12.0. The molecule has 0 aliphatic carbocycles. The van der Waals surface area contributed by atoms with Crippen molar-refractivity contribution < 1.29 is 23.8 Å². The SMILES string of the molecule is COC(=O)c1cnc(OC)c(CN(C)C(=O)OC(C)(C)C)c1. The Morgan fingerprint density at radius 2 is 1.91 bits per heavy atom. The molecule has 1 amide bonds. The van der Waals surface area contributed by atoms with Gasteiger partial charge in [-0.15, -0.1) is 0 Å². The van der Waals surface area contributed by atoms with Gasteiger partial charge in [-0.3, -0.25) is 0 Å². The maximum atomic E-state index is 12.0. The third kappa shape index (κ3) is 4.91. The molecule has 7 heteroatoms. The Hall–Kier alpha value is -2.31. The third-order valence-electron chi connectivity index (χ3n) is 2.65. The van der Waals surface area contributed by atoms with Crippen LogP contribution in [0.25, 0.3) is 0 Å². The molecule has 1 heterocycles. The summed E-state index contributed by atoms with van der Waals surface area (Å²) in [6, 6.07) is 1.58. The zero-order chi connectivity index (χ0) is 16.9. The molecule has 0 aliphatic rings. The van der Waals surface area contributed by atoms with E-state index >= 15 is 0 Å². The highest BCUT2D eigenvalue weighted by atomic mass is 16.6. The molecule has 1 aromatic rings. The molecule has 0 unspecified atom stereocenters. The van der Waals surface area contributed by atoms with Crippen LogP contribution in [0.1, 0.15) is 36.7 Å². The molecule has 0 bridgehead atoms.